The van der Waals surface area contributed by atoms with Crippen molar-refractivity contribution in [3.63, 3.8) is 0 Å². The SMILES string of the molecule is C=C(C)CC(N)c1cc2cc(C)ccc2o1. The van der Waals surface area contributed by atoms with Gasteiger partial charge in [0, 0.05) is 5.39 Å². The first-order chi connectivity index (χ1) is 7.56. The van der Waals surface area contributed by atoms with Crippen molar-refractivity contribution >= 4 is 11.0 Å². The van der Waals surface area contributed by atoms with Crippen LogP contribution >= 0.6 is 0 Å². The molecule has 0 bridgehead atoms. The van der Waals surface area contributed by atoms with Gasteiger partial charge in [-0.1, -0.05) is 17.2 Å². The lowest BCUT2D eigenvalue weighted by atomic mass is 10.1. The van der Waals surface area contributed by atoms with Crippen LogP contribution in [-0.2, 0) is 0 Å². The summed E-state index contributed by atoms with van der Waals surface area (Å²) in [5.74, 6) is 0.837. The van der Waals surface area contributed by atoms with Crippen LogP contribution in [0, 0.1) is 6.92 Å². The first-order valence-electron chi connectivity index (χ1n) is 5.46. The Morgan fingerprint density at radius 2 is 2.19 bits per heavy atom. The van der Waals surface area contributed by atoms with Gasteiger partial charge >= 0.3 is 0 Å². The Morgan fingerprint density at radius 1 is 1.44 bits per heavy atom. The third-order valence-electron chi connectivity index (χ3n) is 2.62. The minimum Gasteiger partial charge on any atom is -0.459 e. The van der Waals surface area contributed by atoms with Gasteiger partial charge in [0.2, 0.25) is 0 Å². The molecule has 2 rings (SSSR count). The summed E-state index contributed by atoms with van der Waals surface area (Å²) in [6.07, 6.45) is 0.763. The molecule has 1 aromatic carbocycles. The highest BCUT2D eigenvalue weighted by molar-refractivity contribution is 5.78. The summed E-state index contributed by atoms with van der Waals surface area (Å²) in [4.78, 5) is 0. The van der Waals surface area contributed by atoms with Crippen molar-refractivity contribution in [1.29, 1.82) is 0 Å². The highest BCUT2D eigenvalue weighted by Crippen LogP contribution is 2.26. The van der Waals surface area contributed by atoms with Crippen LogP contribution in [0.5, 0.6) is 0 Å². The van der Waals surface area contributed by atoms with Gasteiger partial charge in [-0.05, 0) is 38.5 Å². The Balaban J connectivity index is 2.35. The second-order valence-corrected chi connectivity index (χ2v) is 4.46. The fourth-order valence-corrected chi connectivity index (χ4v) is 1.84. The van der Waals surface area contributed by atoms with Crippen LogP contribution in [0.3, 0.4) is 0 Å². The number of fused-ring (bicyclic) bond motifs is 1. The van der Waals surface area contributed by atoms with E-state index in [0.717, 1.165) is 28.7 Å². The summed E-state index contributed by atoms with van der Waals surface area (Å²) >= 11 is 0. The minimum absolute atomic E-state index is 0.0924. The highest BCUT2D eigenvalue weighted by atomic mass is 16.3. The van der Waals surface area contributed by atoms with Crippen molar-refractivity contribution in [2.45, 2.75) is 26.3 Å². The average molecular weight is 215 g/mol. The lowest BCUT2D eigenvalue weighted by Gasteiger charge is -2.06. The van der Waals surface area contributed by atoms with Crippen LogP contribution in [0.1, 0.15) is 30.7 Å². The molecule has 0 aliphatic heterocycles. The molecule has 0 saturated carbocycles. The monoisotopic (exact) mass is 215 g/mol. The van der Waals surface area contributed by atoms with Gasteiger partial charge < -0.3 is 10.2 Å². The maximum atomic E-state index is 6.04. The number of rotatable bonds is 3. The second-order valence-electron chi connectivity index (χ2n) is 4.46. The van der Waals surface area contributed by atoms with E-state index in [4.69, 9.17) is 10.2 Å². The van der Waals surface area contributed by atoms with E-state index in [2.05, 4.69) is 19.6 Å². The molecule has 0 saturated heterocycles. The van der Waals surface area contributed by atoms with Crippen molar-refractivity contribution in [1.82, 2.24) is 0 Å². The van der Waals surface area contributed by atoms with E-state index in [9.17, 15) is 0 Å². The number of hydrogen-bond acceptors (Lipinski definition) is 2. The molecule has 2 aromatic rings. The zero-order chi connectivity index (χ0) is 11.7. The Kier molecular flexibility index (Phi) is 2.84. The first kappa shape index (κ1) is 11.0. The summed E-state index contributed by atoms with van der Waals surface area (Å²) in [6.45, 7) is 7.92. The molecule has 2 N–H and O–H groups in total. The van der Waals surface area contributed by atoms with Crippen molar-refractivity contribution < 1.29 is 4.42 Å². The molecule has 1 aromatic heterocycles. The Bertz CT molecular complexity index is 525. The predicted molar refractivity (Wildman–Crippen MR) is 67.3 cm³/mol. The van der Waals surface area contributed by atoms with Crippen LogP contribution < -0.4 is 5.73 Å². The third kappa shape index (κ3) is 2.17. The van der Waals surface area contributed by atoms with E-state index in [0.29, 0.717) is 0 Å². The molecule has 16 heavy (non-hydrogen) atoms. The van der Waals surface area contributed by atoms with Crippen LogP contribution in [-0.4, -0.2) is 0 Å². The normalized spacial score (nSPS) is 12.9. The molecular formula is C14H17NO. The van der Waals surface area contributed by atoms with Gasteiger partial charge in [-0.2, -0.15) is 0 Å². The van der Waals surface area contributed by atoms with Crippen LogP contribution in [0.25, 0.3) is 11.0 Å². The number of benzene rings is 1. The van der Waals surface area contributed by atoms with Crippen molar-refractivity contribution in [2.24, 2.45) is 5.73 Å². The maximum Gasteiger partial charge on any atom is 0.134 e. The van der Waals surface area contributed by atoms with Gasteiger partial charge in [0.1, 0.15) is 11.3 Å². The van der Waals surface area contributed by atoms with E-state index < -0.39 is 0 Å². The van der Waals surface area contributed by atoms with E-state index in [-0.39, 0.29) is 6.04 Å². The standard InChI is InChI=1S/C14H17NO/c1-9(2)6-12(15)14-8-11-7-10(3)4-5-13(11)16-14/h4-5,7-8,12H,1,6,15H2,2-3H3. The smallest absolute Gasteiger partial charge is 0.134 e. The molecule has 1 atom stereocenters. The zero-order valence-corrected chi connectivity index (χ0v) is 9.79. The molecule has 0 radical (unpaired) electrons. The zero-order valence-electron chi connectivity index (χ0n) is 9.79. The van der Waals surface area contributed by atoms with Gasteiger partial charge in [-0.25, -0.2) is 0 Å². The van der Waals surface area contributed by atoms with Gasteiger partial charge in [0.25, 0.3) is 0 Å². The summed E-state index contributed by atoms with van der Waals surface area (Å²) < 4.78 is 5.72. The van der Waals surface area contributed by atoms with Crippen molar-refractivity contribution in [2.75, 3.05) is 0 Å². The van der Waals surface area contributed by atoms with Gasteiger partial charge in [0.05, 0.1) is 6.04 Å². The largest absolute Gasteiger partial charge is 0.459 e. The second kappa shape index (κ2) is 4.14. The Hall–Kier alpha value is -1.54. The molecule has 0 fully saturated rings. The summed E-state index contributed by atoms with van der Waals surface area (Å²) in [5, 5.41) is 1.12. The molecular weight excluding hydrogens is 198 g/mol. The van der Waals surface area contributed by atoms with Gasteiger partial charge in [-0.3, -0.25) is 0 Å². The maximum absolute atomic E-state index is 6.04. The molecule has 2 nitrogen and oxygen atoms in total. The van der Waals surface area contributed by atoms with Crippen LogP contribution in [0.4, 0.5) is 0 Å². The fourth-order valence-electron chi connectivity index (χ4n) is 1.84. The third-order valence-corrected chi connectivity index (χ3v) is 2.62. The number of aryl methyl sites for hydroxylation is 1. The number of furan rings is 1. The molecule has 1 heterocycles. The van der Waals surface area contributed by atoms with E-state index in [1.807, 2.05) is 25.1 Å². The van der Waals surface area contributed by atoms with Crippen LogP contribution in [0.2, 0.25) is 0 Å². The summed E-state index contributed by atoms with van der Waals surface area (Å²) in [5.41, 5.74) is 9.25. The molecule has 0 aliphatic rings. The van der Waals surface area contributed by atoms with E-state index in [1.165, 1.54) is 5.56 Å². The highest BCUT2D eigenvalue weighted by Gasteiger charge is 2.11. The Morgan fingerprint density at radius 3 is 2.88 bits per heavy atom. The Labute approximate surface area is 95.7 Å². The van der Waals surface area contributed by atoms with E-state index >= 15 is 0 Å². The quantitative estimate of drug-likeness (QED) is 0.793. The molecule has 84 valence electrons. The molecule has 0 amide bonds. The lowest BCUT2D eigenvalue weighted by Crippen LogP contribution is -2.09. The first-order valence-corrected chi connectivity index (χ1v) is 5.46. The summed E-state index contributed by atoms with van der Waals surface area (Å²) in [7, 11) is 0. The molecule has 0 spiro atoms. The lowest BCUT2D eigenvalue weighted by molar-refractivity contribution is 0.493. The summed E-state index contributed by atoms with van der Waals surface area (Å²) in [6, 6.07) is 8.07. The van der Waals surface area contributed by atoms with Crippen molar-refractivity contribution in [3.05, 3.63) is 47.7 Å². The van der Waals surface area contributed by atoms with Gasteiger partial charge in [-0.15, -0.1) is 6.58 Å². The minimum atomic E-state index is -0.0924. The van der Waals surface area contributed by atoms with Gasteiger partial charge in [0.15, 0.2) is 0 Å². The number of nitrogens with two attached hydrogens (primary N) is 1. The molecule has 2 heteroatoms. The van der Waals surface area contributed by atoms with Crippen molar-refractivity contribution in [3.8, 4) is 0 Å². The fraction of sp³-hybridized carbons (Fsp3) is 0.286. The van der Waals surface area contributed by atoms with E-state index in [1.54, 1.807) is 0 Å². The average Bonchev–Trinajstić information content (AvgIpc) is 2.59. The predicted octanol–water partition coefficient (Wildman–Crippen LogP) is 3.71. The molecule has 1 unspecified atom stereocenters. The van der Waals surface area contributed by atoms with Crippen LogP contribution in [0.15, 0.2) is 40.8 Å². The number of hydrogen-bond donors (Lipinski definition) is 1. The molecule has 0 aliphatic carbocycles. The topological polar surface area (TPSA) is 39.2 Å².